The minimum atomic E-state index is -0.322. The molecule has 0 unspecified atom stereocenters. The Morgan fingerprint density at radius 3 is 2.64 bits per heavy atom. The van der Waals surface area contributed by atoms with Crippen molar-refractivity contribution < 1.29 is 9.18 Å². The van der Waals surface area contributed by atoms with Crippen LogP contribution in [-0.2, 0) is 0 Å². The van der Waals surface area contributed by atoms with Crippen LogP contribution in [0.1, 0.15) is 21.1 Å². The summed E-state index contributed by atoms with van der Waals surface area (Å²) in [6.45, 7) is 3.62. The molecule has 5 rings (SSSR count). The third-order valence-electron chi connectivity index (χ3n) is 5.10. The Kier molecular flexibility index (Phi) is 5.10. The van der Waals surface area contributed by atoms with E-state index >= 15 is 0 Å². The number of nitrogens with one attached hydrogen (secondary N) is 2. The lowest BCUT2D eigenvalue weighted by atomic mass is 10.2. The number of carbonyl (C=O) groups is 1. The highest BCUT2D eigenvalue weighted by molar-refractivity contribution is 7.20. The number of aromatic nitrogens is 4. The predicted molar refractivity (Wildman–Crippen MR) is 127 cm³/mol. The van der Waals surface area contributed by atoms with Crippen LogP contribution in [0.4, 0.5) is 10.1 Å². The number of rotatable bonds is 4. The zero-order valence-electron chi connectivity index (χ0n) is 17.7. The number of fused-ring (bicyclic) bond motifs is 1. The first-order valence-corrected chi connectivity index (χ1v) is 10.9. The lowest BCUT2D eigenvalue weighted by molar-refractivity contribution is 0.103. The van der Waals surface area contributed by atoms with Crippen LogP contribution in [-0.4, -0.2) is 25.7 Å². The predicted octanol–water partition coefficient (Wildman–Crippen LogP) is 4.85. The molecule has 33 heavy (non-hydrogen) atoms. The Balaban J connectivity index is 1.45. The van der Waals surface area contributed by atoms with Gasteiger partial charge in [0.2, 0.25) is 0 Å². The lowest BCUT2D eigenvalue weighted by Gasteiger charge is -2.07. The van der Waals surface area contributed by atoms with Crippen LogP contribution < -0.4 is 10.9 Å². The summed E-state index contributed by atoms with van der Waals surface area (Å²) in [5.41, 5.74) is 3.14. The summed E-state index contributed by atoms with van der Waals surface area (Å²) in [5.74, 6) is -0.144. The number of anilines is 1. The highest BCUT2D eigenvalue weighted by Gasteiger charge is 2.18. The van der Waals surface area contributed by atoms with Crippen LogP contribution >= 0.6 is 11.3 Å². The normalized spacial score (nSPS) is 11.1. The molecule has 2 aromatic carbocycles. The number of thiophene rings is 1. The first-order valence-electron chi connectivity index (χ1n) is 10.1. The van der Waals surface area contributed by atoms with Crippen molar-refractivity contribution in [1.29, 1.82) is 0 Å². The van der Waals surface area contributed by atoms with Crippen LogP contribution in [0.15, 0.2) is 65.5 Å². The largest absolute Gasteiger partial charge is 0.321 e. The Bertz CT molecular complexity index is 1570. The zero-order valence-corrected chi connectivity index (χ0v) is 18.5. The maximum absolute atomic E-state index is 13.3. The third-order valence-corrected chi connectivity index (χ3v) is 6.21. The van der Waals surface area contributed by atoms with Gasteiger partial charge in [0.1, 0.15) is 16.5 Å². The number of benzene rings is 2. The second kappa shape index (κ2) is 8.10. The summed E-state index contributed by atoms with van der Waals surface area (Å²) in [6.07, 6.45) is 0. The summed E-state index contributed by atoms with van der Waals surface area (Å²) in [7, 11) is 0. The van der Waals surface area contributed by atoms with Crippen molar-refractivity contribution in [3.05, 3.63) is 93.1 Å². The molecule has 5 aromatic rings. The average molecular weight is 460 g/mol. The van der Waals surface area contributed by atoms with Gasteiger partial charge in [-0.05, 0) is 56.3 Å². The lowest BCUT2D eigenvalue weighted by Crippen LogP contribution is -2.11. The van der Waals surface area contributed by atoms with E-state index in [0.29, 0.717) is 27.6 Å². The van der Waals surface area contributed by atoms with E-state index in [-0.39, 0.29) is 17.3 Å². The van der Waals surface area contributed by atoms with Crippen molar-refractivity contribution in [2.75, 3.05) is 5.32 Å². The zero-order chi connectivity index (χ0) is 23.1. The Hall–Kier alpha value is -4.11. The number of H-pyrrole nitrogens is 1. The van der Waals surface area contributed by atoms with Crippen molar-refractivity contribution in [3.8, 4) is 17.1 Å². The molecule has 0 aliphatic heterocycles. The summed E-state index contributed by atoms with van der Waals surface area (Å²) in [4.78, 5) is 33.2. The maximum Gasteiger partial charge on any atom is 0.265 e. The SMILES string of the molecule is Cc1cc(=O)[nH]c(-c2cccc(NC(=O)c3cc4c(C)nn(-c5ccc(F)cc5)c4s3)c2)n1. The van der Waals surface area contributed by atoms with Gasteiger partial charge in [0.05, 0.1) is 16.3 Å². The van der Waals surface area contributed by atoms with Gasteiger partial charge in [0, 0.05) is 28.4 Å². The molecule has 0 saturated heterocycles. The summed E-state index contributed by atoms with van der Waals surface area (Å²) >= 11 is 1.31. The standard InChI is InChI=1S/C24H18FN5O2S/c1-13-10-21(31)28-22(26-13)15-4-3-5-17(11-15)27-23(32)20-12-19-14(2)29-30(24(19)33-20)18-8-6-16(25)7-9-18/h3-12H,1-2H3,(H,27,32)(H,26,28,31). The molecule has 3 aromatic heterocycles. The van der Waals surface area contributed by atoms with Gasteiger partial charge >= 0.3 is 0 Å². The number of hydrogen-bond donors (Lipinski definition) is 2. The molecule has 164 valence electrons. The molecule has 0 bridgehead atoms. The molecule has 0 fully saturated rings. The summed E-state index contributed by atoms with van der Waals surface area (Å²) in [5, 5.41) is 8.30. The molecule has 0 atom stereocenters. The maximum atomic E-state index is 13.3. The molecular weight excluding hydrogens is 441 g/mol. The molecular formula is C24H18FN5O2S. The summed E-state index contributed by atoms with van der Waals surface area (Å²) < 4.78 is 15.0. The second-order valence-corrected chi connectivity index (χ2v) is 8.60. The smallest absolute Gasteiger partial charge is 0.265 e. The van der Waals surface area contributed by atoms with Crippen LogP contribution in [0.2, 0.25) is 0 Å². The average Bonchev–Trinajstić information content (AvgIpc) is 3.35. The number of hydrogen-bond acceptors (Lipinski definition) is 5. The van der Waals surface area contributed by atoms with Crippen LogP contribution in [0, 0.1) is 19.7 Å². The van der Waals surface area contributed by atoms with Gasteiger partial charge in [-0.1, -0.05) is 12.1 Å². The van der Waals surface area contributed by atoms with Crippen LogP contribution in [0.3, 0.4) is 0 Å². The van der Waals surface area contributed by atoms with E-state index in [0.717, 1.165) is 21.6 Å². The molecule has 3 heterocycles. The van der Waals surface area contributed by atoms with E-state index in [1.54, 1.807) is 48.0 Å². The molecule has 9 heteroatoms. The van der Waals surface area contributed by atoms with Gasteiger partial charge in [-0.25, -0.2) is 14.1 Å². The van der Waals surface area contributed by atoms with Crippen molar-refractivity contribution in [2.24, 2.45) is 0 Å². The van der Waals surface area contributed by atoms with Gasteiger partial charge in [0.15, 0.2) is 0 Å². The number of amides is 1. The molecule has 0 spiro atoms. The van der Waals surface area contributed by atoms with E-state index in [2.05, 4.69) is 20.4 Å². The number of nitrogens with zero attached hydrogens (tertiary/aromatic N) is 3. The van der Waals surface area contributed by atoms with E-state index in [1.807, 2.05) is 13.0 Å². The van der Waals surface area contributed by atoms with Crippen LogP contribution in [0.25, 0.3) is 27.3 Å². The molecule has 0 saturated carbocycles. The van der Waals surface area contributed by atoms with Gasteiger partial charge < -0.3 is 10.3 Å². The third kappa shape index (κ3) is 4.06. The van der Waals surface area contributed by atoms with Gasteiger partial charge in [-0.15, -0.1) is 11.3 Å². The quantitative estimate of drug-likeness (QED) is 0.402. The van der Waals surface area contributed by atoms with Gasteiger partial charge in [-0.2, -0.15) is 5.10 Å². The number of halogens is 1. The van der Waals surface area contributed by atoms with Crippen LogP contribution in [0.5, 0.6) is 0 Å². The number of aryl methyl sites for hydroxylation is 2. The fraction of sp³-hybridized carbons (Fsp3) is 0.0833. The van der Waals surface area contributed by atoms with Crippen molar-refractivity contribution in [1.82, 2.24) is 19.7 Å². The fourth-order valence-corrected chi connectivity index (χ4v) is 4.65. The fourth-order valence-electron chi connectivity index (χ4n) is 3.57. The molecule has 2 N–H and O–H groups in total. The highest BCUT2D eigenvalue weighted by Crippen LogP contribution is 2.31. The molecule has 0 aliphatic rings. The summed E-state index contributed by atoms with van der Waals surface area (Å²) in [6, 6.07) is 16.4. The first kappa shape index (κ1) is 20.8. The first-order chi connectivity index (χ1) is 15.9. The number of aromatic amines is 1. The van der Waals surface area contributed by atoms with Crippen molar-refractivity contribution in [2.45, 2.75) is 13.8 Å². The Morgan fingerprint density at radius 2 is 1.88 bits per heavy atom. The minimum absolute atomic E-state index is 0.234. The minimum Gasteiger partial charge on any atom is -0.321 e. The Morgan fingerprint density at radius 1 is 1.09 bits per heavy atom. The van der Waals surface area contributed by atoms with Gasteiger partial charge in [0.25, 0.3) is 11.5 Å². The van der Waals surface area contributed by atoms with E-state index < -0.39 is 0 Å². The monoisotopic (exact) mass is 459 g/mol. The van der Waals surface area contributed by atoms with E-state index in [4.69, 9.17) is 0 Å². The Labute approximate surface area is 191 Å². The van der Waals surface area contributed by atoms with Gasteiger partial charge in [-0.3, -0.25) is 9.59 Å². The molecule has 1 amide bonds. The highest BCUT2D eigenvalue weighted by atomic mass is 32.1. The topological polar surface area (TPSA) is 92.7 Å². The van der Waals surface area contributed by atoms with Crippen molar-refractivity contribution in [3.63, 3.8) is 0 Å². The second-order valence-electron chi connectivity index (χ2n) is 7.57. The van der Waals surface area contributed by atoms with E-state index in [9.17, 15) is 14.0 Å². The number of carbonyl (C=O) groups excluding carboxylic acids is 1. The van der Waals surface area contributed by atoms with E-state index in [1.165, 1.54) is 29.5 Å². The molecule has 0 aliphatic carbocycles. The van der Waals surface area contributed by atoms with Crippen molar-refractivity contribution >= 4 is 33.1 Å². The molecule has 7 nitrogen and oxygen atoms in total. The molecule has 0 radical (unpaired) electrons.